The number of aliphatic hydroxyl groups is 2. The zero-order chi connectivity index (χ0) is 25.9. The molecule has 0 amide bonds. The van der Waals surface area contributed by atoms with Gasteiger partial charge in [0.15, 0.2) is 0 Å². The molecule has 0 aliphatic carbocycles. The van der Waals surface area contributed by atoms with E-state index < -0.39 is 5.97 Å². The highest BCUT2D eigenvalue weighted by atomic mass is 16.6. The van der Waals surface area contributed by atoms with E-state index in [1.165, 1.54) is 16.7 Å². The number of ether oxygens (including phenoxy) is 2. The lowest BCUT2D eigenvalue weighted by atomic mass is 9.92. The van der Waals surface area contributed by atoms with Crippen molar-refractivity contribution in [2.24, 2.45) is 5.92 Å². The Labute approximate surface area is 214 Å². The lowest BCUT2D eigenvalue weighted by Crippen LogP contribution is -2.11. The van der Waals surface area contributed by atoms with E-state index in [9.17, 15) is 15.0 Å². The fourth-order valence-electron chi connectivity index (χ4n) is 4.14. The number of carbonyl (C=O) groups is 1. The number of carbonyl (C=O) groups excluding carboxylic acids is 1. The van der Waals surface area contributed by atoms with Gasteiger partial charge in [-0.2, -0.15) is 0 Å². The summed E-state index contributed by atoms with van der Waals surface area (Å²) >= 11 is 0. The Morgan fingerprint density at radius 3 is 2.31 bits per heavy atom. The van der Waals surface area contributed by atoms with Crippen LogP contribution in [0.3, 0.4) is 0 Å². The molecular formula is C31H36O5. The Hall–Kier alpha value is -3.41. The third kappa shape index (κ3) is 7.30. The van der Waals surface area contributed by atoms with Crippen LogP contribution < -0.4 is 4.74 Å². The maximum atomic E-state index is 11.3. The van der Waals surface area contributed by atoms with Gasteiger partial charge in [0.05, 0.1) is 0 Å². The number of esters is 1. The molecule has 0 bridgehead atoms. The molecule has 0 aromatic heterocycles. The number of aryl methyl sites for hydroxylation is 3. The first kappa shape index (κ1) is 27.2. The predicted molar refractivity (Wildman–Crippen MR) is 144 cm³/mol. The first-order chi connectivity index (χ1) is 17.5. The van der Waals surface area contributed by atoms with Crippen LogP contribution in [0, 0.1) is 12.8 Å². The maximum absolute atomic E-state index is 11.3. The number of rotatable bonds is 13. The molecule has 0 heterocycles. The van der Waals surface area contributed by atoms with Gasteiger partial charge in [-0.15, -0.1) is 0 Å². The van der Waals surface area contributed by atoms with Crippen LogP contribution in [-0.2, 0) is 22.4 Å². The van der Waals surface area contributed by atoms with Crippen molar-refractivity contribution in [3.8, 4) is 28.0 Å². The van der Waals surface area contributed by atoms with Gasteiger partial charge in [-0.1, -0.05) is 68.1 Å². The lowest BCUT2D eigenvalue weighted by Gasteiger charge is -2.16. The Morgan fingerprint density at radius 2 is 1.64 bits per heavy atom. The van der Waals surface area contributed by atoms with E-state index in [0.717, 1.165) is 53.3 Å². The minimum Gasteiger partial charge on any atom is -0.489 e. The molecule has 0 aliphatic heterocycles. The third-order valence-corrected chi connectivity index (χ3v) is 6.31. The first-order valence-electron chi connectivity index (χ1n) is 12.5. The average molecular weight is 489 g/mol. The molecule has 0 atom stereocenters. The largest absolute Gasteiger partial charge is 0.489 e. The van der Waals surface area contributed by atoms with Crippen LogP contribution in [0.5, 0.6) is 5.75 Å². The fraction of sp³-hybridized carbons (Fsp3) is 0.323. The SMILES string of the molecule is C=CC(=O)OCCOc1cc(C)ccc1-c1ccc(-c2ccc(CCC(CO)CO)cc2)c(CC)c1. The summed E-state index contributed by atoms with van der Waals surface area (Å²) in [6.07, 6.45) is 3.62. The van der Waals surface area contributed by atoms with Gasteiger partial charge in [0.2, 0.25) is 0 Å². The molecule has 0 unspecified atom stereocenters. The van der Waals surface area contributed by atoms with Crippen LogP contribution in [0.4, 0.5) is 0 Å². The summed E-state index contributed by atoms with van der Waals surface area (Å²) in [4.78, 5) is 11.3. The van der Waals surface area contributed by atoms with Gasteiger partial charge in [-0.3, -0.25) is 0 Å². The first-order valence-corrected chi connectivity index (χ1v) is 12.5. The van der Waals surface area contributed by atoms with Crippen LogP contribution in [0.25, 0.3) is 22.3 Å². The maximum Gasteiger partial charge on any atom is 0.330 e. The van der Waals surface area contributed by atoms with Crippen LogP contribution in [0.1, 0.15) is 30.0 Å². The van der Waals surface area contributed by atoms with Crippen LogP contribution in [-0.4, -0.2) is 42.6 Å². The molecule has 0 fully saturated rings. The van der Waals surface area contributed by atoms with Crippen molar-refractivity contribution < 1.29 is 24.5 Å². The van der Waals surface area contributed by atoms with Crippen molar-refractivity contribution in [1.29, 1.82) is 0 Å². The smallest absolute Gasteiger partial charge is 0.330 e. The summed E-state index contributed by atoms with van der Waals surface area (Å²) in [5, 5.41) is 18.6. The van der Waals surface area contributed by atoms with Gasteiger partial charge < -0.3 is 19.7 Å². The van der Waals surface area contributed by atoms with E-state index in [4.69, 9.17) is 9.47 Å². The Balaban J connectivity index is 1.79. The Kier molecular flexibility index (Phi) is 10.3. The molecule has 5 nitrogen and oxygen atoms in total. The van der Waals surface area contributed by atoms with E-state index >= 15 is 0 Å². The summed E-state index contributed by atoms with van der Waals surface area (Å²) in [6, 6.07) is 21.2. The van der Waals surface area contributed by atoms with Gasteiger partial charge in [-0.25, -0.2) is 4.79 Å². The van der Waals surface area contributed by atoms with Crippen molar-refractivity contribution in [2.75, 3.05) is 26.4 Å². The quantitative estimate of drug-likeness (QED) is 0.188. The number of benzene rings is 3. The van der Waals surface area contributed by atoms with Crippen molar-refractivity contribution in [3.05, 3.63) is 90.0 Å². The van der Waals surface area contributed by atoms with E-state index in [2.05, 4.69) is 68.1 Å². The molecule has 0 radical (unpaired) electrons. The van der Waals surface area contributed by atoms with Gasteiger partial charge in [0.1, 0.15) is 19.0 Å². The molecule has 0 saturated heterocycles. The molecule has 3 rings (SSSR count). The second-order valence-corrected chi connectivity index (χ2v) is 8.91. The Bertz CT molecular complexity index is 1150. The van der Waals surface area contributed by atoms with Gasteiger partial charge in [0, 0.05) is 30.8 Å². The molecule has 3 aromatic carbocycles. The summed E-state index contributed by atoms with van der Waals surface area (Å²) in [7, 11) is 0. The fourth-order valence-corrected chi connectivity index (χ4v) is 4.14. The van der Waals surface area contributed by atoms with Crippen molar-refractivity contribution in [2.45, 2.75) is 33.1 Å². The van der Waals surface area contributed by atoms with E-state index in [1.807, 2.05) is 13.0 Å². The minimum atomic E-state index is -0.459. The van der Waals surface area contributed by atoms with E-state index in [1.54, 1.807) is 0 Å². The van der Waals surface area contributed by atoms with Gasteiger partial charge >= 0.3 is 5.97 Å². The number of hydrogen-bond donors (Lipinski definition) is 2. The topological polar surface area (TPSA) is 76.0 Å². The monoisotopic (exact) mass is 488 g/mol. The number of hydrogen-bond acceptors (Lipinski definition) is 5. The van der Waals surface area contributed by atoms with E-state index in [0.29, 0.717) is 0 Å². The van der Waals surface area contributed by atoms with Gasteiger partial charge in [-0.05, 0) is 65.6 Å². The molecule has 2 N–H and O–H groups in total. The highest BCUT2D eigenvalue weighted by Gasteiger charge is 2.12. The number of aliphatic hydroxyl groups excluding tert-OH is 2. The third-order valence-electron chi connectivity index (χ3n) is 6.31. The highest BCUT2D eigenvalue weighted by Crippen LogP contribution is 2.35. The molecule has 0 aliphatic rings. The van der Waals surface area contributed by atoms with Gasteiger partial charge in [0.25, 0.3) is 0 Å². The van der Waals surface area contributed by atoms with Crippen molar-refractivity contribution in [1.82, 2.24) is 0 Å². The molecule has 36 heavy (non-hydrogen) atoms. The molecule has 190 valence electrons. The van der Waals surface area contributed by atoms with Crippen molar-refractivity contribution in [3.63, 3.8) is 0 Å². The van der Waals surface area contributed by atoms with E-state index in [-0.39, 0.29) is 32.3 Å². The molecule has 3 aromatic rings. The van der Waals surface area contributed by atoms with Crippen LogP contribution in [0.15, 0.2) is 73.3 Å². The van der Waals surface area contributed by atoms with Crippen molar-refractivity contribution >= 4 is 5.97 Å². The minimum absolute atomic E-state index is 0.0112. The predicted octanol–water partition coefficient (Wildman–Crippen LogP) is 5.53. The zero-order valence-electron chi connectivity index (χ0n) is 21.2. The molecule has 0 spiro atoms. The summed E-state index contributed by atoms with van der Waals surface area (Å²) < 4.78 is 11.0. The molecular weight excluding hydrogens is 452 g/mol. The normalized spacial score (nSPS) is 10.9. The summed E-state index contributed by atoms with van der Waals surface area (Å²) in [5.74, 6) is 0.230. The standard InChI is InChI=1S/C31H36O5/c1-4-25-19-27(29-14-6-22(3)18-30(29)35-16-17-36-31(34)5-2)13-15-28(25)26-11-9-23(10-12-26)7-8-24(20-32)21-33/h5-6,9-15,18-19,24,32-33H,2,4,7-8,16-17,20-21H2,1,3H3. The van der Waals surface area contributed by atoms with Crippen LogP contribution in [0.2, 0.25) is 0 Å². The highest BCUT2D eigenvalue weighted by molar-refractivity contribution is 5.81. The summed E-state index contributed by atoms with van der Waals surface area (Å²) in [6.45, 7) is 8.02. The zero-order valence-corrected chi connectivity index (χ0v) is 21.2. The average Bonchev–Trinajstić information content (AvgIpc) is 2.91. The molecule has 0 saturated carbocycles. The van der Waals surface area contributed by atoms with Crippen LogP contribution >= 0.6 is 0 Å². The summed E-state index contributed by atoms with van der Waals surface area (Å²) in [5.41, 5.74) is 7.95. The Morgan fingerprint density at radius 1 is 0.944 bits per heavy atom. The second-order valence-electron chi connectivity index (χ2n) is 8.91. The second kappa shape index (κ2) is 13.6. The molecule has 5 heteroatoms. The lowest BCUT2D eigenvalue weighted by molar-refractivity contribution is -0.138.